The lowest BCUT2D eigenvalue weighted by molar-refractivity contribution is 0.209. The molecule has 0 amide bonds. The molecule has 0 radical (unpaired) electrons. The van der Waals surface area contributed by atoms with Crippen LogP contribution in [0.4, 0.5) is 0 Å². The predicted molar refractivity (Wildman–Crippen MR) is 75.7 cm³/mol. The highest BCUT2D eigenvalue weighted by Gasteiger charge is 2.21. The molecule has 1 N–H and O–H groups in total. The van der Waals surface area contributed by atoms with Gasteiger partial charge in [0.05, 0.1) is 12.3 Å². The van der Waals surface area contributed by atoms with Gasteiger partial charge in [0.15, 0.2) is 10.9 Å². The molecule has 1 saturated heterocycles. The summed E-state index contributed by atoms with van der Waals surface area (Å²) in [7, 11) is 0. The molecule has 1 aromatic heterocycles. The van der Waals surface area contributed by atoms with Gasteiger partial charge < -0.3 is 10.1 Å². The summed E-state index contributed by atoms with van der Waals surface area (Å²) in [6.07, 6.45) is 9.36. The SMILES string of the molecule is Clc1c(OC2CCCC2)cnn1CC1CCNCC1. The minimum absolute atomic E-state index is 0.342. The van der Waals surface area contributed by atoms with Crippen LogP contribution in [0, 0.1) is 5.92 Å². The van der Waals surface area contributed by atoms with Crippen molar-refractivity contribution in [2.75, 3.05) is 13.1 Å². The highest BCUT2D eigenvalue weighted by Crippen LogP contribution is 2.30. The van der Waals surface area contributed by atoms with E-state index in [2.05, 4.69) is 10.4 Å². The third-order valence-electron chi connectivity index (χ3n) is 4.23. The van der Waals surface area contributed by atoms with Gasteiger partial charge in [0.1, 0.15) is 0 Å². The Kier molecular flexibility index (Phi) is 4.28. The fourth-order valence-corrected chi connectivity index (χ4v) is 3.26. The van der Waals surface area contributed by atoms with Gasteiger partial charge in [-0.25, -0.2) is 0 Å². The van der Waals surface area contributed by atoms with Gasteiger partial charge in [0.25, 0.3) is 0 Å². The molecule has 1 aromatic rings. The number of ether oxygens (including phenoxy) is 1. The Labute approximate surface area is 119 Å². The first-order chi connectivity index (χ1) is 9.33. The molecule has 3 rings (SSSR count). The quantitative estimate of drug-likeness (QED) is 0.923. The second kappa shape index (κ2) is 6.14. The zero-order valence-electron chi connectivity index (χ0n) is 11.3. The molecule has 1 saturated carbocycles. The van der Waals surface area contributed by atoms with Crippen LogP contribution in [0.3, 0.4) is 0 Å². The van der Waals surface area contributed by atoms with Crippen molar-refractivity contribution in [2.24, 2.45) is 5.92 Å². The molecule has 0 atom stereocenters. The minimum atomic E-state index is 0.342. The van der Waals surface area contributed by atoms with Crippen molar-refractivity contribution < 1.29 is 4.74 Å². The first-order valence-electron chi connectivity index (χ1n) is 7.41. The monoisotopic (exact) mass is 283 g/mol. The van der Waals surface area contributed by atoms with E-state index in [1.165, 1.54) is 25.7 Å². The zero-order chi connectivity index (χ0) is 13.1. The van der Waals surface area contributed by atoms with Gasteiger partial charge in [-0.15, -0.1) is 0 Å². The molecule has 0 aromatic carbocycles. The molecule has 2 heterocycles. The Morgan fingerprint density at radius 2 is 2.00 bits per heavy atom. The summed E-state index contributed by atoms with van der Waals surface area (Å²) in [5.74, 6) is 1.44. The average molecular weight is 284 g/mol. The van der Waals surface area contributed by atoms with Crippen LogP contribution in [0.1, 0.15) is 38.5 Å². The molecule has 0 bridgehead atoms. The van der Waals surface area contributed by atoms with Crippen LogP contribution in [0.15, 0.2) is 6.20 Å². The Hall–Kier alpha value is -0.740. The van der Waals surface area contributed by atoms with Crippen molar-refractivity contribution in [3.8, 4) is 5.75 Å². The van der Waals surface area contributed by atoms with E-state index < -0.39 is 0 Å². The molecule has 2 fully saturated rings. The molecule has 0 unspecified atom stereocenters. The maximum absolute atomic E-state index is 6.38. The zero-order valence-corrected chi connectivity index (χ0v) is 12.0. The smallest absolute Gasteiger partial charge is 0.176 e. The van der Waals surface area contributed by atoms with E-state index in [-0.39, 0.29) is 0 Å². The standard InChI is InChI=1S/C14H22ClN3O/c15-14-13(19-12-3-1-2-4-12)9-17-18(14)10-11-5-7-16-8-6-11/h9,11-12,16H,1-8,10H2. The summed E-state index contributed by atoms with van der Waals surface area (Å²) >= 11 is 6.38. The average Bonchev–Trinajstić information content (AvgIpc) is 3.05. The van der Waals surface area contributed by atoms with E-state index in [1.54, 1.807) is 6.20 Å². The highest BCUT2D eigenvalue weighted by molar-refractivity contribution is 6.31. The molecule has 106 valence electrons. The van der Waals surface area contributed by atoms with E-state index in [9.17, 15) is 0 Å². The van der Waals surface area contributed by atoms with Gasteiger partial charge in [0.2, 0.25) is 0 Å². The van der Waals surface area contributed by atoms with Crippen LogP contribution in [-0.4, -0.2) is 29.0 Å². The van der Waals surface area contributed by atoms with Gasteiger partial charge in [-0.1, -0.05) is 11.6 Å². The maximum atomic E-state index is 6.38. The van der Waals surface area contributed by atoms with Crippen molar-refractivity contribution in [1.29, 1.82) is 0 Å². The fraction of sp³-hybridized carbons (Fsp3) is 0.786. The van der Waals surface area contributed by atoms with E-state index in [4.69, 9.17) is 16.3 Å². The summed E-state index contributed by atoms with van der Waals surface area (Å²) in [5.41, 5.74) is 0. The van der Waals surface area contributed by atoms with Gasteiger partial charge >= 0.3 is 0 Å². The van der Waals surface area contributed by atoms with Crippen LogP contribution in [0.25, 0.3) is 0 Å². The number of halogens is 1. The maximum Gasteiger partial charge on any atom is 0.176 e. The van der Waals surface area contributed by atoms with Gasteiger partial charge in [-0.3, -0.25) is 4.68 Å². The van der Waals surface area contributed by atoms with Crippen molar-refractivity contribution in [1.82, 2.24) is 15.1 Å². The fourth-order valence-electron chi connectivity index (χ4n) is 3.05. The number of aromatic nitrogens is 2. The Bertz CT molecular complexity index is 409. The molecule has 1 aliphatic carbocycles. The van der Waals surface area contributed by atoms with Crippen LogP contribution in [0.2, 0.25) is 5.15 Å². The Morgan fingerprint density at radius 1 is 1.26 bits per heavy atom. The number of nitrogens with zero attached hydrogens (tertiary/aromatic N) is 2. The molecule has 1 aliphatic heterocycles. The van der Waals surface area contributed by atoms with E-state index in [1.807, 2.05) is 4.68 Å². The number of hydrogen-bond acceptors (Lipinski definition) is 3. The first kappa shape index (κ1) is 13.3. The lowest BCUT2D eigenvalue weighted by atomic mass is 9.98. The number of rotatable bonds is 4. The molecule has 2 aliphatic rings. The summed E-state index contributed by atoms with van der Waals surface area (Å²) in [5, 5.41) is 8.44. The Balaban J connectivity index is 1.60. The highest BCUT2D eigenvalue weighted by atomic mass is 35.5. The molecule has 0 spiro atoms. The van der Waals surface area contributed by atoms with E-state index in [0.717, 1.165) is 38.2 Å². The first-order valence-corrected chi connectivity index (χ1v) is 7.79. The van der Waals surface area contributed by atoms with Gasteiger partial charge in [-0.05, 0) is 57.5 Å². The topological polar surface area (TPSA) is 39.1 Å². The molecule has 19 heavy (non-hydrogen) atoms. The second-order valence-corrected chi connectivity index (χ2v) is 6.06. The predicted octanol–water partition coefficient (Wildman–Crippen LogP) is 2.86. The lowest BCUT2D eigenvalue weighted by Gasteiger charge is -2.22. The van der Waals surface area contributed by atoms with Crippen molar-refractivity contribution in [3.05, 3.63) is 11.3 Å². The number of nitrogens with one attached hydrogen (secondary N) is 1. The van der Waals surface area contributed by atoms with E-state index >= 15 is 0 Å². The van der Waals surface area contributed by atoms with E-state index in [0.29, 0.717) is 17.2 Å². The number of piperidine rings is 1. The van der Waals surface area contributed by atoms with Gasteiger partial charge in [0, 0.05) is 6.54 Å². The number of hydrogen-bond donors (Lipinski definition) is 1. The van der Waals surface area contributed by atoms with Crippen LogP contribution >= 0.6 is 11.6 Å². The molecular formula is C14H22ClN3O. The summed E-state index contributed by atoms with van der Waals surface area (Å²) < 4.78 is 7.85. The third-order valence-corrected chi connectivity index (χ3v) is 4.61. The normalized spacial score (nSPS) is 21.9. The second-order valence-electron chi connectivity index (χ2n) is 5.70. The van der Waals surface area contributed by atoms with Crippen molar-refractivity contribution >= 4 is 11.6 Å². The summed E-state index contributed by atoms with van der Waals surface area (Å²) in [4.78, 5) is 0. The summed E-state index contributed by atoms with van der Waals surface area (Å²) in [6, 6.07) is 0. The Morgan fingerprint density at radius 3 is 2.74 bits per heavy atom. The third kappa shape index (κ3) is 3.23. The lowest BCUT2D eigenvalue weighted by Crippen LogP contribution is -2.30. The minimum Gasteiger partial charge on any atom is -0.486 e. The van der Waals surface area contributed by atoms with Crippen LogP contribution in [0.5, 0.6) is 5.75 Å². The molecule has 4 nitrogen and oxygen atoms in total. The summed E-state index contributed by atoms with van der Waals surface area (Å²) in [6.45, 7) is 3.12. The molecular weight excluding hydrogens is 262 g/mol. The van der Waals surface area contributed by atoms with Crippen molar-refractivity contribution in [3.63, 3.8) is 0 Å². The van der Waals surface area contributed by atoms with Crippen LogP contribution < -0.4 is 10.1 Å². The van der Waals surface area contributed by atoms with Crippen LogP contribution in [-0.2, 0) is 6.54 Å². The largest absolute Gasteiger partial charge is 0.486 e. The van der Waals surface area contributed by atoms with Crippen molar-refractivity contribution in [2.45, 2.75) is 51.2 Å². The van der Waals surface area contributed by atoms with Gasteiger partial charge in [-0.2, -0.15) is 5.10 Å². The molecule has 5 heteroatoms.